The van der Waals surface area contributed by atoms with Gasteiger partial charge in [0.1, 0.15) is 17.5 Å². The quantitative estimate of drug-likeness (QED) is 0.476. The Kier molecular flexibility index (Phi) is 5.85. The molecule has 8 heteroatoms. The van der Waals surface area contributed by atoms with Crippen LogP contribution in [0.1, 0.15) is 21.9 Å². The monoisotopic (exact) mass is 427 g/mol. The summed E-state index contributed by atoms with van der Waals surface area (Å²) in [6, 6.07) is 19.1. The van der Waals surface area contributed by atoms with Crippen molar-refractivity contribution in [1.29, 1.82) is 0 Å². The Morgan fingerprint density at radius 2 is 1.62 bits per heavy atom. The number of aryl methyl sites for hydroxylation is 1. The smallest absolute Gasteiger partial charge is 0.259 e. The Hall–Kier alpha value is -4.20. The lowest BCUT2D eigenvalue weighted by molar-refractivity contribution is 0.102. The molecule has 0 radical (unpaired) electrons. The van der Waals surface area contributed by atoms with Crippen molar-refractivity contribution in [3.8, 4) is 5.69 Å². The van der Waals surface area contributed by atoms with Gasteiger partial charge in [-0.1, -0.05) is 18.2 Å². The largest absolute Gasteiger partial charge is 0.363 e. The summed E-state index contributed by atoms with van der Waals surface area (Å²) in [5.41, 5.74) is 3.78. The van der Waals surface area contributed by atoms with Gasteiger partial charge in [0, 0.05) is 31.5 Å². The number of aromatic nitrogens is 4. The van der Waals surface area contributed by atoms with E-state index in [0.717, 1.165) is 22.9 Å². The SMILES string of the molecule is Cc1nc(Nc2ccc(NC(=O)c3cnn(-c4ccccc4)c3C)cc2)cc(N(C)C)n1. The number of anilines is 4. The van der Waals surface area contributed by atoms with Gasteiger partial charge in [0.25, 0.3) is 5.91 Å². The van der Waals surface area contributed by atoms with Crippen molar-refractivity contribution in [3.05, 3.63) is 83.9 Å². The second kappa shape index (κ2) is 8.89. The van der Waals surface area contributed by atoms with E-state index in [1.165, 1.54) is 0 Å². The lowest BCUT2D eigenvalue weighted by atomic mass is 10.2. The fourth-order valence-corrected chi connectivity index (χ4v) is 3.29. The van der Waals surface area contributed by atoms with Crippen LogP contribution in [0.15, 0.2) is 66.9 Å². The van der Waals surface area contributed by atoms with Gasteiger partial charge in [0.15, 0.2) is 0 Å². The lowest BCUT2D eigenvalue weighted by Crippen LogP contribution is -2.13. The minimum Gasteiger partial charge on any atom is -0.363 e. The van der Waals surface area contributed by atoms with Crippen LogP contribution in [-0.4, -0.2) is 39.8 Å². The van der Waals surface area contributed by atoms with Crippen molar-refractivity contribution in [2.24, 2.45) is 0 Å². The molecule has 0 saturated carbocycles. The number of amides is 1. The second-order valence-electron chi connectivity index (χ2n) is 7.60. The van der Waals surface area contributed by atoms with E-state index in [9.17, 15) is 4.79 Å². The Morgan fingerprint density at radius 1 is 0.938 bits per heavy atom. The Bertz CT molecular complexity index is 1230. The summed E-state index contributed by atoms with van der Waals surface area (Å²) in [6.45, 7) is 3.74. The van der Waals surface area contributed by atoms with E-state index in [1.807, 2.05) is 93.5 Å². The fourth-order valence-electron chi connectivity index (χ4n) is 3.29. The molecule has 4 rings (SSSR count). The Balaban J connectivity index is 1.45. The lowest BCUT2D eigenvalue weighted by Gasteiger charge is -2.14. The predicted octanol–water partition coefficient (Wildman–Crippen LogP) is 4.34. The first kappa shape index (κ1) is 21.0. The van der Waals surface area contributed by atoms with Gasteiger partial charge in [-0.3, -0.25) is 4.79 Å². The Labute approximate surface area is 186 Å². The zero-order valence-corrected chi connectivity index (χ0v) is 18.5. The first-order valence-corrected chi connectivity index (χ1v) is 10.2. The number of hydrogen-bond acceptors (Lipinski definition) is 6. The van der Waals surface area contributed by atoms with E-state index in [0.29, 0.717) is 22.9 Å². The Morgan fingerprint density at radius 3 is 2.31 bits per heavy atom. The molecule has 0 atom stereocenters. The van der Waals surface area contributed by atoms with Crippen molar-refractivity contribution >= 4 is 28.9 Å². The molecule has 162 valence electrons. The minimum atomic E-state index is -0.201. The molecule has 2 aromatic carbocycles. The molecule has 0 unspecified atom stereocenters. The molecule has 0 aliphatic heterocycles. The van der Waals surface area contributed by atoms with Crippen LogP contribution < -0.4 is 15.5 Å². The van der Waals surface area contributed by atoms with E-state index in [-0.39, 0.29) is 5.91 Å². The van der Waals surface area contributed by atoms with E-state index in [2.05, 4.69) is 25.7 Å². The van der Waals surface area contributed by atoms with Crippen LogP contribution in [0.4, 0.5) is 23.0 Å². The number of benzene rings is 2. The van der Waals surface area contributed by atoms with Crippen LogP contribution in [-0.2, 0) is 0 Å². The summed E-state index contributed by atoms with van der Waals surface area (Å²) >= 11 is 0. The van der Waals surface area contributed by atoms with E-state index in [1.54, 1.807) is 10.9 Å². The molecule has 2 aromatic heterocycles. The van der Waals surface area contributed by atoms with Gasteiger partial charge in [0.2, 0.25) is 0 Å². The average Bonchev–Trinajstić information content (AvgIpc) is 3.16. The number of para-hydroxylation sites is 1. The third kappa shape index (κ3) is 4.59. The van der Waals surface area contributed by atoms with E-state index >= 15 is 0 Å². The molecule has 0 bridgehead atoms. The van der Waals surface area contributed by atoms with E-state index in [4.69, 9.17) is 0 Å². The van der Waals surface area contributed by atoms with Crippen LogP contribution >= 0.6 is 0 Å². The summed E-state index contributed by atoms with van der Waals surface area (Å²) in [5.74, 6) is 2.03. The van der Waals surface area contributed by atoms with E-state index < -0.39 is 0 Å². The van der Waals surface area contributed by atoms with Gasteiger partial charge in [0.05, 0.1) is 23.1 Å². The molecule has 1 amide bonds. The molecular weight excluding hydrogens is 402 g/mol. The van der Waals surface area contributed by atoms with Gasteiger partial charge >= 0.3 is 0 Å². The highest BCUT2D eigenvalue weighted by Gasteiger charge is 2.15. The maximum Gasteiger partial charge on any atom is 0.259 e. The normalized spacial score (nSPS) is 10.6. The standard InChI is InChI=1S/C24H25N7O/c1-16-21(15-25-31(16)20-8-6-5-7-9-20)24(32)29-19-12-10-18(11-13-19)28-22-14-23(30(3)4)27-17(2)26-22/h5-15H,1-4H3,(H,29,32)(H,26,27,28). The van der Waals surface area contributed by atoms with Gasteiger partial charge in [-0.15, -0.1) is 0 Å². The van der Waals surface area contributed by atoms with Crippen molar-refractivity contribution in [1.82, 2.24) is 19.7 Å². The zero-order valence-electron chi connectivity index (χ0n) is 18.5. The molecule has 0 saturated heterocycles. The minimum absolute atomic E-state index is 0.201. The maximum atomic E-state index is 12.8. The van der Waals surface area contributed by atoms with Crippen molar-refractivity contribution < 1.29 is 4.79 Å². The summed E-state index contributed by atoms with van der Waals surface area (Å²) in [4.78, 5) is 23.6. The second-order valence-corrected chi connectivity index (χ2v) is 7.60. The van der Waals surface area contributed by atoms with Crippen LogP contribution in [0, 0.1) is 13.8 Å². The number of rotatable bonds is 6. The number of hydrogen-bond donors (Lipinski definition) is 2. The number of nitrogens with one attached hydrogen (secondary N) is 2. The molecule has 0 fully saturated rings. The average molecular weight is 428 g/mol. The molecule has 32 heavy (non-hydrogen) atoms. The van der Waals surface area contributed by atoms with Crippen molar-refractivity contribution in [2.75, 3.05) is 29.6 Å². The van der Waals surface area contributed by atoms with Crippen molar-refractivity contribution in [2.45, 2.75) is 13.8 Å². The highest BCUT2D eigenvalue weighted by atomic mass is 16.1. The van der Waals surface area contributed by atoms with Crippen LogP contribution in [0.3, 0.4) is 0 Å². The van der Waals surface area contributed by atoms with Crippen LogP contribution in [0.25, 0.3) is 5.69 Å². The summed E-state index contributed by atoms with van der Waals surface area (Å²) in [7, 11) is 3.88. The highest BCUT2D eigenvalue weighted by molar-refractivity contribution is 6.05. The number of carbonyl (C=O) groups excluding carboxylic acids is 1. The topological polar surface area (TPSA) is 88.0 Å². The van der Waals surface area contributed by atoms with Crippen molar-refractivity contribution in [3.63, 3.8) is 0 Å². The van der Waals surface area contributed by atoms with Gasteiger partial charge in [-0.2, -0.15) is 5.10 Å². The van der Waals surface area contributed by atoms with Crippen LogP contribution in [0.5, 0.6) is 0 Å². The maximum absolute atomic E-state index is 12.8. The summed E-state index contributed by atoms with van der Waals surface area (Å²) < 4.78 is 1.76. The highest BCUT2D eigenvalue weighted by Crippen LogP contribution is 2.21. The molecule has 4 aromatic rings. The summed E-state index contributed by atoms with van der Waals surface area (Å²) in [5, 5.41) is 10.6. The van der Waals surface area contributed by atoms with Gasteiger partial charge < -0.3 is 15.5 Å². The van der Waals surface area contributed by atoms with Gasteiger partial charge in [-0.05, 0) is 50.2 Å². The van der Waals surface area contributed by atoms with Gasteiger partial charge in [-0.25, -0.2) is 14.6 Å². The molecule has 0 aliphatic carbocycles. The zero-order chi connectivity index (χ0) is 22.7. The molecule has 2 N–H and O–H groups in total. The molecule has 0 aliphatic rings. The molecule has 2 heterocycles. The third-order valence-corrected chi connectivity index (χ3v) is 4.95. The van der Waals surface area contributed by atoms with Crippen LogP contribution in [0.2, 0.25) is 0 Å². The molecule has 8 nitrogen and oxygen atoms in total. The molecule has 0 spiro atoms. The summed E-state index contributed by atoms with van der Waals surface area (Å²) in [6.07, 6.45) is 1.59. The first-order chi connectivity index (χ1) is 15.4. The third-order valence-electron chi connectivity index (χ3n) is 4.95. The number of nitrogens with zero attached hydrogens (tertiary/aromatic N) is 5. The molecular formula is C24H25N7O. The number of carbonyl (C=O) groups is 1. The first-order valence-electron chi connectivity index (χ1n) is 10.2. The fraction of sp³-hybridized carbons (Fsp3) is 0.167. The predicted molar refractivity (Wildman–Crippen MR) is 127 cm³/mol.